The van der Waals surface area contributed by atoms with E-state index < -0.39 is 0 Å². The van der Waals surface area contributed by atoms with E-state index in [0.29, 0.717) is 18.8 Å². The second kappa shape index (κ2) is 6.76. The van der Waals surface area contributed by atoms with Crippen molar-refractivity contribution in [1.82, 2.24) is 9.88 Å². The lowest BCUT2D eigenvalue weighted by atomic mass is 10.1. The molecule has 1 amide bonds. The summed E-state index contributed by atoms with van der Waals surface area (Å²) in [5.41, 5.74) is 0.543. The smallest absolute Gasteiger partial charge is 0.307 e. The lowest BCUT2D eigenvalue weighted by molar-refractivity contribution is -0.144. The average molecular weight is 408 g/mol. The SMILES string of the molecule is CCCCOC(=O)C[C@@H]1CNC(=O)c2cc(Br)c(Br)n21. The molecule has 0 radical (unpaired) electrons. The number of fused-ring (bicyclic) bond motifs is 1. The first-order chi connectivity index (χ1) is 9.54. The number of unbranched alkanes of at least 4 members (excludes halogenated alkanes) is 1. The highest BCUT2D eigenvalue weighted by molar-refractivity contribution is 9.13. The number of nitrogens with zero attached hydrogens (tertiary/aromatic N) is 1. The van der Waals surface area contributed by atoms with Gasteiger partial charge in [-0.15, -0.1) is 0 Å². The Bertz CT molecular complexity index is 528. The molecular formula is C13H16Br2N2O3. The third-order valence-electron chi connectivity index (χ3n) is 3.19. The third-order valence-corrected chi connectivity index (χ3v) is 5.14. The Morgan fingerprint density at radius 2 is 2.30 bits per heavy atom. The van der Waals surface area contributed by atoms with E-state index in [4.69, 9.17) is 4.74 Å². The summed E-state index contributed by atoms with van der Waals surface area (Å²) < 4.78 is 8.59. The van der Waals surface area contributed by atoms with Crippen LogP contribution in [-0.2, 0) is 9.53 Å². The van der Waals surface area contributed by atoms with Crippen LogP contribution in [0, 0.1) is 0 Å². The van der Waals surface area contributed by atoms with Crippen molar-refractivity contribution in [2.24, 2.45) is 0 Å². The number of amides is 1. The summed E-state index contributed by atoms with van der Waals surface area (Å²) in [5, 5.41) is 2.79. The normalized spacial score (nSPS) is 17.6. The van der Waals surface area contributed by atoms with Crippen LogP contribution >= 0.6 is 31.9 Å². The fraction of sp³-hybridized carbons (Fsp3) is 0.538. The van der Waals surface area contributed by atoms with Crippen molar-refractivity contribution in [2.75, 3.05) is 13.2 Å². The monoisotopic (exact) mass is 406 g/mol. The Morgan fingerprint density at radius 1 is 1.55 bits per heavy atom. The molecule has 110 valence electrons. The number of carbonyl (C=O) groups excluding carboxylic acids is 2. The van der Waals surface area contributed by atoms with E-state index in [-0.39, 0.29) is 24.3 Å². The van der Waals surface area contributed by atoms with Crippen molar-refractivity contribution in [3.05, 3.63) is 20.8 Å². The predicted molar refractivity (Wildman–Crippen MR) is 81.7 cm³/mol. The van der Waals surface area contributed by atoms with Gasteiger partial charge in [-0.2, -0.15) is 0 Å². The van der Waals surface area contributed by atoms with Gasteiger partial charge >= 0.3 is 5.97 Å². The van der Waals surface area contributed by atoms with E-state index in [1.54, 1.807) is 6.07 Å². The van der Waals surface area contributed by atoms with E-state index in [2.05, 4.69) is 37.2 Å². The zero-order valence-corrected chi connectivity index (χ0v) is 14.3. The highest BCUT2D eigenvalue weighted by atomic mass is 79.9. The second-order valence-electron chi connectivity index (χ2n) is 4.68. The van der Waals surface area contributed by atoms with Gasteiger partial charge in [0.15, 0.2) is 0 Å². The fourth-order valence-corrected chi connectivity index (χ4v) is 3.14. The minimum atomic E-state index is -0.234. The Kier molecular flexibility index (Phi) is 5.26. The number of rotatable bonds is 5. The van der Waals surface area contributed by atoms with Crippen LogP contribution in [0.1, 0.15) is 42.7 Å². The van der Waals surface area contributed by atoms with Crippen LogP contribution in [0.25, 0.3) is 0 Å². The molecule has 0 aromatic carbocycles. The Hall–Kier alpha value is -0.820. The highest BCUT2D eigenvalue weighted by Crippen LogP contribution is 2.33. The Balaban J connectivity index is 2.09. The van der Waals surface area contributed by atoms with Crippen LogP contribution in [0.4, 0.5) is 0 Å². The highest BCUT2D eigenvalue weighted by Gasteiger charge is 2.30. The van der Waals surface area contributed by atoms with Crippen LogP contribution in [0.5, 0.6) is 0 Å². The average Bonchev–Trinajstić information content (AvgIpc) is 2.71. The maximum absolute atomic E-state index is 11.8. The summed E-state index contributed by atoms with van der Waals surface area (Å²) in [7, 11) is 0. The lowest BCUT2D eigenvalue weighted by Gasteiger charge is -2.26. The van der Waals surface area contributed by atoms with Crippen LogP contribution in [0.2, 0.25) is 0 Å². The molecule has 1 atom stereocenters. The van der Waals surface area contributed by atoms with Gasteiger partial charge in [-0.1, -0.05) is 13.3 Å². The molecule has 5 nitrogen and oxygen atoms in total. The molecule has 0 spiro atoms. The minimum Gasteiger partial charge on any atom is -0.466 e. The van der Waals surface area contributed by atoms with Gasteiger partial charge in [-0.25, -0.2) is 0 Å². The Labute approximate surface area is 134 Å². The first-order valence-corrected chi connectivity index (χ1v) is 8.13. The quantitative estimate of drug-likeness (QED) is 0.602. The zero-order valence-electron chi connectivity index (χ0n) is 11.1. The molecule has 0 aliphatic carbocycles. The molecule has 0 saturated carbocycles. The van der Waals surface area contributed by atoms with Crippen molar-refractivity contribution < 1.29 is 14.3 Å². The van der Waals surface area contributed by atoms with Crippen LogP contribution < -0.4 is 5.32 Å². The molecular weight excluding hydrogens is 392 g/mol. The van der Waals surface area contributed by atoms with Gasteiger partial charge in [-0.3, -0.25) is 9.59 Å². The molecule has 2 rings (SSSR count). The zero-order chi connectivity index (χ0) is 14.7. The van der Waals surface area contributed by atoms with Crippen molar-refractivity contribution in [3.8, 4) is 0 Å². The van der Waals surface area contributed by atoms with Crippen LogP contribution in [-0.4, -0.2) is 29.6 Å². The maximum atomic E-state index is 11.8. The van der Waals surface area contributed by atoms with Crippen molar-refractivity contribution in [2.45, 2.75) is 32.2 Å². The number of hydrogen-bond acceptors (Lipinski definition) is 3. The molecule has 7 heteroatoms. The number of hydrogen-bond donors (Lipinski definition) is 1. The van der Waals surface area contributed by atoms with Crippen molar-refractivity contribution in [3.63, 3.8) is 0 Å². The number of halogens is 2. The maximum Gasteiger partial charge on any atom is 0.307 e. The van der Waals surface area contributed by atoms with E-state index in [1.165, 1.54) is 0 Å². The third kappa shape index (κ3) is 3.25. The van der Waals surface area contributed by atoms with Crippen molar-refractivity contribution >= 4 is 43.7 Å². The predicted octanol–water partition coefficient (Wildman–Crippen LogP) is 3.03. The molecule has 1 N–H and O–H groups in total. The molecule has 1 aromatic heterocycles. The Morgan fingerprint density at radius 3 is 3.00 bits per heavy atom. The van der Waals surface area contributed by atoms with Crippen LogP contribution in [0.3, 0.4) is 0 Å². The largest absolute Gasteiger partial charge is 0.466 e. The number of aromatic nitrogens is 1. The summed E-state index contributed by atoms with van der Waals surface area (Å²) >= 11 is 6.83. The topological polar surface area (TPSA) is 60.3 Å². The van der Waals surface area contributed by atoms with Gasteiger partial charge in [0.05, 0.1) is 28.1 Å². The number of ether oxygens (including phenoxy) is 1. The van der Waals surface area contributed by atoms with E-state index in [1.807, 2.05) is 11.5 Å². The van der Waals surface area contributed by atoms with Crippen molar-refractivity contribution in [1.29, 1.82) is 0 Å². The summed E-state index contributed by atoms with van der Waals surface area (Å²) in [6.45, 7) is 2.93. The molecule has 1 aliphatic rings. The minimum absolute atomic E-state index is 0.127. The summed E-state index contributed by atoms with van der Waals surface area (Å²) in [6.07, 6.45) is 2.11. The lowest BCUT2D eigenvalue weighted by Crippen LogP contribution is -2.39. The number of carbonyl (C=O) groups is 2. The molecule has 1 aliphatic heterocycles. The first-order valence-electron chi connectivity index (χ1n) is 6.54. The van der Waals surface area contributed by atoms with Gasteiger partial charge in [0.25, 0.3) is 5.91 Å². The molecule has 2 heterocycles. The van der Waals surface area contributed by atoms with E-state index in [9.17, 15) is 9.59 Å². The molecule has 0 saturated heterocycles. The fourth-order valence-electron chi connectivity index (χ4n) is 2.14. The van der Waals surface area contributed by atoms with Gasteiger partial charge in [-0.05, 0) is 44.3 Å². The second-order valence-corrected chi connectivity index (χ2v) is 6.29. The summed E-state index contributed by atoms with van der Waals surface area (Å²) in [4.78, 5) is 23.6. The van der Waals surface area contributed by atoms with Gasteiger partial charge in [0.2, 0.25) is 0 Å². The molecule has 0 unspecified atom stereocenters. The van der Waals surface area contributed by atoms with E-state index >= 15 is 0 Å². The molecule has 20 heavy (non-hydrogen) atoms. The van der Waals surface area contributed by atoms with Crippen LogP contribution in [0.15, 0.2) is 15.1 Å². The molecule has 1 aromatic rings. The van der Waals surface area contributed by atoms with Gasteiger partial charge < -0.3 is 14.6 Å². The van der Waals surface area contributed by atoms with E-state index in [0.717, 1.165) is 21.9 Å². The summed E-state index contributed by atoms with van der Waals surface area (Å²) in [5.74, 6) is -0.366. The number of nitrogens with one attached hydrogen (secondary N) is 1. The summed E-state index contributed by atoms with van der Waals surface area (Å²) in [6, 6.07) is 1.62. The first kappa shape index (κ1) is 15.6. The van der Waals surface area contributed by atoms with Gasteiger partial charge in [0.1, 0.15) is 5.69 Å². The molecule has 0 bridgehead atoms. The standard InChI is InChI=1S/C13H16Br2N2O3/c1-2-3-4-20-11(18)5-8-7-16-13(19)10-6-9(14)12(15)17(8)10/h6,8H,2-5,7H2,1H3,(H,16,19)/t8-/m1/s1. The van der Waals surface area contributed by atoms with Gasteiger partial charge in [0, 0.05) is 6.54 Å². The molecule has 0 fully saturated rings. The number of esters is 1.